The van der Waals surface area contributed by atoms with Gasteiger partial charge < -0.3 is 24.7 Å². The molecule has 0 saturated heterocycles. The van der Waals surface area contributed by atoms with Crippen LogP contribution in [0.3, 0.4) is 0 Å². The topological polar surface area (TPSA) is 104 Å². The molecule has 8 heteroatoms. The minimum atomic E-state index is -0.613. The summed E-state index contributed by atoms with van der Waals surface area (Å²) in [5.41, 5.74) is 7.93. The lowest BCUT2D eigenvalue weighted by atomic mass is 9.83. The Kier molecular flexibility index (Phi) is 7.99. The van der Waals surface area contributed by atoms with Crippen molar-refractivity contribution in [1.82, 2.24) is 0 Å². The van der Waals surface area contributed by atoms with Crippen molar-refractivity contribution in [1.29, 1.82) is 5.26 Å². The summed E-state index contributed by atoms with van der Waals surface area (Å²) in [6.45, 7) is 2.33. The molecule has 1 heterocycles. The van der Waals surface area contributed by atoms with E-state index in [-0.39, 0.29) is 23.8 Å². The molecule has 0 aliphatic carbocycles. The summed E-state index contributed by atoms with van der Waals surface area (Å²) in [6, 6.07) is 21.5. The number of rotatable bonds is 9. The Morgan fingerprint density at radius 1 is 1.06 bits per heavy atom. The van der Waals surface area contributed by atoms with Crippen molar-refractivity contribution < 1.29 is 23.7 Å². The van der Waals surface area contributed by atoms with Gasteiger partial charge in [-0.1, -0.05) is 61.3 Å². The van der Waals surface area contributed by atoms with Crippen molar-refractivity contribution in [2.45, 2.75) is 25.7 Å². The van der Waals surface area contributed by atoms with Gasteiger partial charge in [0.2, 0.25) is 5.88 Å². The van der Waals surface area contributed by atoms with E-state index >= 15 is 0 Å². The number of halogens is 1. The van der Waals surface area contributed by atoms with Gasteiger partial charge in [-0.05, 0) is 30.7 Å². The van der Waals surface area contributed by atoms with E-state index in [0.29, 0.717) is 34.4 Å². The van der Waals surface area contributed by atoms with Gasteiger partial charge >= 0.3 is 5.97 Å². The number of allylic oxidation sites excluding steroid dienone is 1. The van der Waals surface area contributed by atoms with E-state index in [1.165, 1.54) is 0 Å². The third-order valence-electron chi connectivity index (χ3n) is 5.59. The van der Waals surface area contributed by atoms with Gasteiger partial charge in [-0.2, -0.15) is 5.26 Å². The minimum Gasteiger partial charge on any atom is -0.493 e. The third-order valence-corrected chi connectivity index (χ3v) is 5.90. The van der Waals surface area contributed by atoms with Crippen LogP contribution in [0.1, 0.15) is 36.8 Å². The smallest absolute Gasteiger partial charge is 0.349 e. The molecule has 0 amide bonds. The summed E-state index contributed by atoms with van der Waals surface area (Å²) in [6.07, 6.45) is 1.92. The van der Waals surface area contributed by atoms with E-state index < -0.39 is 11.9 Å². The highest BCUT2D eigenvalue weighted by Crippen LogP contribution is 2.45. The second-order valence-corrected chi connectivity index (χ2v) is 8.46. The van der Waals surface area contributed by atoms with Crippen molar-refractivity contribution in [3.63, 3.8) is 0 Å². The number of benzene rings is 3. The minimum absolute atomic E-state index is 0.0103. The number of carbonyl (C=O) groups excluding carboxylic acids is 1. The average Bonchev–Trinajstić information content (AvgIpc) is 2.88. The predicted octanol–water partition coefficient (Wildman–Crippen LogP) is 5.72. The van der Waals surface area contributed by atoms with Crippen molar-refractivity contribution in [2.24, 2.45) is 5.73 Å². The molecule has 0 aromatic heterocycles. The highest BCUT2D eigenvalue weighted by molar-refractivity contribution is 6.32. The van der Waals surface area contributed by atoms with Crippen LogP contribution in [0.25, 0.3) is 0 Å². The molecular formula is C28H25ClN2O5. The number of nitriles is 1. The Bertz CT molecular complexity index is 1330. The monoisotopic (exact) mass is 504 g/mol. The Morgan fingerprint density at radius 3 is 2.56 bits per heavy atom. The molecule has 2 N–H and O–H groups in total. The molecule has 3 aromatic carbocycles. The second kappa shape index (κ2) is 11.5. The van der Waals surface area contributed by atoms with E-state index in [0.717, 1.165) is 18.4 Å². The van der Waals surface area contributed by atoms with E-state index in [9.17, 15) is 10.1 Å². The predicted molar refractivity (Wildman–Crippen MR) is 135 cm³/mol. The molecule has 0 saturated carbocycles. The molecule has 0 radical (unpaired) electrons. The quantitative estimate of drug-likeness (QED) is 0.226. The number of nitrogens with two attached hydrogens (primary N) is 1. The zero-order valence-electron chi connectivity index (χ0n) is 19.7. The van der Waals surface area contributed by atoms with Crippen LogP contribution in [0, 0.1) is 11.3 Å². The number of unbranched alkanes of at least 4 members (excludes halogenated alkanes) is 1. The average molecular weight is 505 g/mol. The summed E-state index contributed by atoms with van der Waals surface area (Å²) in [4.78, 5) is 12.4. The van der Waals surface area contributed by atoms with Crippen molar-refractivity contribution in [3.05, 3.63) is 94.3 Å². The van der Waals surface area contributed by atoms with Gasteiger partial charge in [-0.25, -0.2) is 4.79 Å². The summed E-state index contributed by atoms with van der Waals surface area (Å²) < 4.78 is 22.6. The number of fused-ring (bicyclic) bond motifs is 1. The molecule has 4 rings (SSSR count). The summed E-state index contributed by atoms with van der Waals surface area (Å²) >= 11 is 6.05. The zero-order chi connectivity index (χ0) is 25.5. The van der Waals surface area contributed by atoms with E-state index in [1.807, 2.05) is 24.3 Å². The Balaban J connectivity index is 1.57. The lowest BCUT2D eigenvalue weighted by molar-refractivity contribution is -0.136. The van der Waals surface area contributed by atoms with Crippen LogP contribution < -0.4 is 24.7 Å². The Labute approximate surface area is 214 Å². The number of para-hydroxylation sites is 2. The molecule has 36 heavy (non-hydrogen) atoms. The number of hydrogen-bond donors (Lipinski definition) is 1. The van der Waals surface area contributed by atoms with E-state index in [4.69, 9.17) is 36.3 Å². The lowest BCUT2D eigenvalue weighted by Crippen LogP contribution is -2.22. The maximum absolute atomic E-state index is 12.4. The second-order valence-electron chi connectivity index (χ2n) is 8.06. The van der Waals surface area contributed by atoms with Gasteiger partial charge in [0, 0.05) is 17.2 Å². The molecule has 1 unspecified atom stereocenters. The van der Waals surface area contributed by atoms with Gasteiger partial charge in [0.05, 0.1) is 17.5 Å². The molecule has 0 bridgehead atoms. The van der Waals surface area contributed by atoms with E-state index in [2.05, 4.69) is 13.0 Å². The fraction of sp³-hybridized carbons (Fsp3) is 0.214. The lowest BCUT2D eigenvalue weighted by Gasteiger charge is -2.28. The molecule has 1 atom stereocenters. The Hall–Kier alpha value is -4.15. The number of nitrogens with zero attached hydrogens (tertiary/aromatic N) is 1. The van der Waals surface area contributed by atoms with Gasteiger partial charge in [-0.15, -0.1) is 0 Å². The van der Waals surface area contributed by atoms with Crippen LogP contribution in [0.2, 0.25) is 5.02 Å². The number of ether oxygens (including phenoxy) is 4. The van der Waals surface area contributed by atoms with Gasteiger partial charge in [0.1, 0.15) is 34.6 Å². The van der Waals surface area contributed by atoms with Crippen molar-refractivity contribution in [2.75, 3.05) is 13.2 Å². The fourth-order valence-electron chi connectivity index (χ4n) is 3.86. The third kappa shape index (κ3) is 5.56. The van der Waals surface area contributed by atoms with Crippen LogP contribution in [-0.2, 0) is 4.79 Å². The van der Waals surface area contributed by atoms with E-state index in [1.54, 1.807) is 42.5 Å². The van der Waals surface area contributed by atoms with Crippen LogP contribution >= 0.6 is 11.6 Å². The summed E-state index contributed by atoms with van der Waals surface area (Å²) in [5, 5.41) is 10.3. The molecule has 0 fully saturated rings. The molecule has 1 aliphatic heterocycles. The largest absolute Gasteiger partial charge is 0.493 e. The molecule has 0 spiro atoms. The number of esters is 1. The summed E-state index contributed by atoms with van der Waals surface area (Å²) in [7, 11) is 0. The Morgan fingerprint density at radius 2 is 1.81 bits per heavy atom. The fourth-order valence-corrected chi connectivity index (χ4v) is 4.05. The highest BCUT2D eigenvalue weighted by Gasteiger charge is 2.33. The summed E-state index contributed by atoms with van der Waals surface area (Å²) in [5.74, 6) is 0.580. The van der Waals surface area contributed by atoms with Gasteiger partial charge in [0.25, 0.3) is 0 Å². The number of carbonyl (C=O) groups is 1. The van der Waals surface area contributed by atoms with Gasteiger partial charge in [-0.3, -0.25) is 0 Å². The first kappa shape index (κ1) is 25.0. The van der Waals surface area contributed by atoms with Crippen LogP contribution in [0.4, 0.5) is 0 Å². The molecular weight excluding hydrogens is 480 g/mol. The highest BCUT2D eigenvalue weighted by atomic mass is 35.5. The van der Waals surface area contributed by atoms with Crippen LogP contribution in [0.5, 0.6) is 23.0 Å². The SMILES string of the molecule is CCCCOc1ccccc1C1C(C#N)=C(N)Oc2cc(OC(=O)COc3ccccc3Cl)ccc21. The first-order valence-electron chi connectivity index (χ1n) is 11.5. The van der Waals surface area contributed by atoms with Gasteiger partial charge in [0.15, 0.2) is 6.61 Å². The molecule has 184 valence electrons. The normalized spacial score (nSPS) is 14.3. The maximum Gasteiger partial charge on any atom is 0.349 e. The standard InChI is InChI=1S/C28H25ClN2O5/c1-2-3-14-33-23-10-6-4-8-19(23)27-20-13-12-18(15-25(20)36-28(31)21(27)16-30)35-26(32)17-34-24-11-7-5-9-22(24)29/h4-13,15,27H,2-3,14,17,31H2,1H3. The van der Waals surface area contributed by atoms with Crippen LogP contribution in [-0.4, -0.2) is 19.2 Å². The first-order chi connectivity index (χ1) is 17.5. The van der Waals surface area contributed by atoms with Crippen molar-refractivity contribution >= 4 is 17.6 Å². The zero-order valence-corrected chi connectivity index (χ0v) is 20.5. The van der Waals surface area contributed by atoms with Crippen molar-refractivity contribution in [3.8, 4) is 29.1 Å². The molecule has 7 nitrogen and oxygen atoms in total. The molecule has 3 aromatic rings. The van der Waals surface area contributed by atoms with Crippen LogP contribution in [0.15, 0.2) is 78.2 Å². The first-order valence-corrected chi connectivity index (χ1v) is 11.9. The number of hydrogen-bond acceptors (Lipinski definition) is 7. The molecule has 1 aliphatic rings. The maximum atomic E-state index is 12.4.